The fourth-order valence-electron chi connectivity index (χ4n) is 1.70. The van der Waals surface area contributed by atoms with Gasteiger partial charge in [-0.2, -0.15) is 0 Å². The third-order valence-corrected chi connectivity index (χ3v) is 2.73. The number of oxime groups is 1. The first-order chi connectivity index (χ1) is 8.72. The summed E-state index contributed by atoms with van der Waals surface area (Å²) < 4.78 is 0. The molecule has 0 heterocycles. The number of benzene rings is 2. The van der Waals surface area contributed by atoms with E-state index in [2.05, 4.69) is 5.16 Å². The van der Waals surface area contributed by atoms with Crippen molar-refractivity contribution in [1.29, 1.82) is 0 Å². The van der Waals surface area contributed by atoms with Crippen molar-refractivity contribution < 1.29 is 10.0 Å². The molecule has 0 aliphatic rings. The first-order valence-electron chi connectivity index (χ1n) is 5.61. The topological polar surface area (TPSA) is 49.7 Å². The Kier molecular flexibility index (Phi) is 3.53. The van der Waals surface area contributed by atoms with Crippen LogP contribution in [-0.2, 0) is 0 Å². The Labute approximate surface area is 105 Å². The molecule has 0 aliphatic carbocycles. The second-order valence-electron chi connectivity index (χ2n) is 3.96. The maximum atomic E-state index is 11.7. The van der Waals surface area contributed by atoms with Gasteiger partial charge in [-0.05, 0) is 18.1 Å². The minimum atomic E-state index is -0.267. The van der Waals surface area contributed by atoms with Crippen LogP contribution in [0.5, 0.6) is 0 Å². The summed E-state index contributed by atoms with van der Waals surface area (Å²) in [4.78, 5) is 11.7. The molecule has 0 aromatic heterocycles. The molecule has 0 spiro atoms. The average Bonchev–Trinajstić information content (AvgIpc) is 2.47. The van der Waals surface area contributed by atoms with Crippen LogP contribution in [-0.4, -0.2) is 16.7 Å². The first-order valence-corrected chi connectivity index (χ1v) is 5.61. The number of rotatable bonds is 3. The molecule has 0 fully saturated rings. The second-order valence-corrected chi connectivity index (χ2v) is 3.96. The van der Waals surface area contributed by atoms with Gasteiger partial charge in [0.1, 0.15) is 5.71 Å². The third kappa shape index (κ3) is 2.46. The van der Waals surface area contributed by atoms with Crippen molar-refractivity contribution in [1.82, 2.24) is 0 Å². The van der Waals surface area contributed by atoms with Gasteiger partial charge in [0.15, 0.2) is 0 Å². The second kappa shape index (κ2) is 5.27. The monoisotopic (exact) mass is 239 g/mol. The van der Waals surface area contributed by atoms with Gasteiger partial charge in [0, 0.05) is 5.56 Å². The highest BCUT2D eigenvalue weighted by molar-refractivity contribution is 6.45. The van der Waals surface area contributed by atoms with Crippen molar-refractivity contribution in [3.8, 4) is 11.1 Å². The molecule has 0 unspecified atom stereocenters. The van der Waals surface area contributed by atoms with Crippen LogP contribution in [0.2, 0.25) is 0 Å². The quantitative estimate of drug-likeness (QED) is 0.386. The molecule has 0 radical (unpaired) electrons. The lowest BCUT2D eigenvalue weighted by atomic mass is 10.0. The zero-order valence-electron chi connectivity index (χ0n) is 10.00. The Morgan fingerprint density at radius 1 is 0.944 bits per heavy atom. The molecule has 3 nitrogen and oxygen atoms in total. The fourth-order valence-corrected chi connectivity index (χ4v) is 1.70. The van der Waals surface area contributed by atoms with Crippen LogP contribution in [0.25, 0.3) is 11.1 Å². The van der Waals surface area contributed by atoms with Crippen molar-refractivity contribution in [2.75, 3.05) is 0 Å². The summed E-state index contributed by atoms with van der Waals surface area (Å²) in [5.74, 6) is -0.267. The molecule has 0 saturated carbocycles. The first kappa shape index (κ1) is 12.0. The molecule has 90 valence electrons. The van der Waals surface area contributed by atoms with E-state index in [9.17, 15) is 4.79 Å². The number of carbonyl (C=O) groups is 1. The molecular weight excluding hydrogens is 226 g/mol. The summed E-state index contributed by atoms with van der Waals surface area (Å²) in [6, 6.07) is 17.2. The lowest BCUT2D eigenvalue weighted by Crippen LogP contribution is -2.10. The molecule has 0 bridgehead atoms. The molecule has 0 aliphatic heterocycles. The Morgan fingerprint density at radius 2 is 1.50 bits per heavy atom. The van der Waals surface area contributed by atoms with Gasteiger partial charge < -0.3 is 5.21 Å². The van der Waals surface area contributed by atoms with Crippen LogP contribution >= 0.6 is 0 Å². The predicted molar refractivity (Wildman–Crippen MR) is 71.1 cm³/mol. The molecule has 0 saturated heterocycles. The number of nitrogens with zero attached hydrogens (tertiary/aromatic N) is 1. The Bertz CT molecular complexity index is 571. The van der Waals surface area contributed by atoms with Crippen molar-refractivity contribution in [3.63, 3.8) is 0 Å². The molecule has 0 atom stereocenters. The summed E-state index contributed by atoms with van der Waals surface area (Å²) in [6.45, 7) is 1.48. The van der Waals surface area contributed by atoms with Gasteiger partial charge >= 0.3 is 0 Å². The minimum Gasteiger partial charge on any atom is -0.411 e. The summed E-state index contributed by atoms with van der Waals surface area (Å²) in [7, 11) is 0. The smallest absolute Gasteiger partial charge is 0.210 e. The molecule has 18 heavy (non-hydrogen) atoms. The number of Topliss-reactive ketones (excluding diaryl/α,β-unsaturated/α-hetero) is 1. The lowest BCUT2D eigenvalue weighted by Gasteiger charge is -2.03. The van der Waals surface area contributed by atoms with Gasteiger partial charge in [0.25, 0.3) is 0 Å². The van der Waals surface area contributed by atoms with Crippen LogP contribution in [0, 0.1) is 0 Å². The predicted octanol–water partition coefficient (Wildman–Crippen LogP) is 3.39. The van der Waals surface area contributed by atoms with Gasteiger partial charge in [-0.1, -0.05) is 59.8 Å². The maximum absolute atomic E-state index is 11.7. The molecular formula is C15H13NO2. The van der Waals surface area contributed by atoms with Crippen LogP contribution in [0.3, 0.4) is 0 Å². The van der Waals surface area contributed by atoms with E-state index in [0.29, 0.717) is 5.56 Å². The SMILES string of the molecule is C/C(=N/O)C(=O)c1ccc(-c2ccccc2)cc1. The largest absolute Gasteiger partial charge is 0.411 e. The van der Waals surface area contributed by atoms with E-state index in [0.717, 1.165) is 11.1 Å². The van der Waals surface area contributed by atoms with Crippen molar-refractivity contribution in [2.45, 2.75) is 6.92 Å². The summed E-state index contributed by atoms with van der Waals surface area (Å²) in [5.41, 5.74) is 2.75. The van der Waals surface area contributed by atoms with Crippen LogP contribution < -0.4 is 0 Å². The summed E-state index contributed by atoms with van der Waals surface area (Å²) in [6.07, 6.45) is 0. The molecule has 1 N–H and O–H groups in total. The van der Waals surface area contributed by atoms with Crippen molar-refractivity contribution in [2.24, 2.45) is 5.16 Å². The average molecular weight is 239 g/mol. The number of hydrogen-bond acceptors (Lipinski definition) is 3. The van der Waals surface area contributed by atoms with Gasteiger partial charge in [-0.3, -0.25) is 4.79 Å². The Balaban J connectivity index is 2.29. The summed E-state index contributed by atoms with van der Waals surface area (Å²) >= 11 is 0. The van der Waals surface area contributed by atoms with E-state index < -0.39 is 0 Å². The van der Waals surface area contributed by atoms with E-state index in [1.807, 2.05) is 42.5 Å². The van der Waals surface area contributed by atoms with Gasteiger partial charge in [-0.25, -0.2) is 0 Å². The molecule has 3 heteroatoms. The number of hydrogen-bond donors (Lipinski definition) is 1. The van der Waals surface area contributed by atoms with E-state index in [-0.39, 0.29) is 11.5 Å². The highest BCUT2D eigenvalue weighted by atomic mass is 16.4. The normalized spacial score (nSPS) is 11.3. The summed E-state index contributed by atoms with van der Waals surface area (Å²) in [5, 5.41) is 11.5. The highest BCUT2D eigenvalue weighted by Crippen LogP contribution is 2.19. The Morgan fingerprint density at radius 3 is 2.06 bits per heavy atom. The zero-order valence-corrected chi connectivity index (χ0v) is 10.00. The van der Waals surface area contributed by atoms with Crippen LogP contribution in [0.1, 0.15) is 17.3 Å². The van der Waals surface area contributed by atoms with Crippen molar-refractivity contribution >= 4 is 11.5 Å². The van der Waals surface area contributed by atoms with E-state index in [4.69, 9.17) is 5.21 Å². The van der Waals surface area contributed by atoms with Crippen LogP contribution in [0.15, 0.2) is 59.8 Å². The number of carbonyl (C=O) groups excluding carboxylic acids is 1. The maximum Gasteiger partial charge on any atom is 0.210 e. The van der Waals surface area contributed by atoms with E-state index >= 15 is 0 Å². The van der Waals surface area contributed by atoms with Crippen molar-refractivity contribution in [3.05, 3.63) is 60.2 Å². The standard InChI is InChI=1S/C15H13NO2/c1-11(16-18)15(17)14-9-7-13(8-10-14)12-5-3-2-4-6-12/h2-10,18H,1H3/b16-11-. The van der Waals surface area contributed by atoms with Gasteiger partial charge in [-0.15, -0.1) is 0 Å². The molecule has 2 aromatic rings. The minimum absolute atomic E-state index is 0.0856. The van der Waals surface area contributed by atoms with E-state index in [1.165, 1.54) is 6.92 Å². The van der Waals surface area contributed by atoms with Gasteiger partial charge in [0.2, 0.25) is 5.78 Å². The lowest BCUT2D eigenvalue weighted by molar-refractivity contribution is 0.106. The van der Waals surface area contributed by atoms with Gasteiger partial charge in [0.05, 0.1) is 0 Å². The third-order valence-electron chi connectivity index (χ3n) is 2.73. The molecule has 0 amide bonds. The van der Waals surface area contributed by atoms with Crippen LogP contribution in [0.4, 0.5) is 0 Å². The molecule has 2 rings (SSSR count). The Hall–Kier alpha value is -2.42. The van der Waals surface area contributed by atoms with E-state index in [1.54, 1.807) is 12.1 Å². The number of ketones is 1. The highest BCUT2D eigenvalue weighted by Gasteiger charge is 2.09. The zero-order chi connectivity index (χ0) is 13.0. The molecule has 2 aromatic carbocycles. The fraction of sp³-hybridized carbons (Fsp3) is 0.0667.